The predicted molar refractivity (Wildman–Crippen MR) is 89.7 cm³/mol. The van der Waals surface area contributed by atoms with Crippen LogP contribution in [0.3, 0.4) is 0 Å². The molecule has 0 bridgehead atoms. The van der Waals surface area contributed by atoms with Crippen molar-refractivity contribution in [2.75, 3.05) is 26.2 Å². The molecular weight excluding hydrogens is 260 g/mol. The van der Waals surface area contributed by atoms with Gasteiger partial charge >= 0.3 is 0 Å². The fourth-order valence-electron chi connectivity index (χ4n) is 4.53. The molecule has 1 N–H and O–H groups in total. The first kappa shape index (κ1) is 17.2. The van der Waals surface area contributed by atoms with Crippen molar-refractivity contribution in [3.05, 3.63) is 0 Å². The summed E-state index contributed by atoms with van der Waals surface area (Å²) >= 11 is 0. The molecule has 5 atom stereocenters. The topological polar surface area (TPSA) is 24.5 Å². The van der Waals surface area contributed by atoms with Crippen molar-refractivity contribution < 1.29 is 4.74 Å². The third-order valence-corrected chi connectivity index (χ3v) is 5.24. The van der Waals surface area contributed by atoms with Crippen LogP contribution in [0.1, 0.15) is 59.8 Å². The molecule has 2 fully saturated rings. The molecule has 2 rings (SSSR count). The number of hydrogen-bond acceptors (Lipinski definition) is 3. The summed E-state index contributed by atoms with van der Waals surface area (Å²) in [6.45, 7) is 13.6. The van der Waals surface area contributed by atoms with E-state index in [1.165, 1.54) is 38.6 Å². The molecular formula is C18H36N2O. The van der Waals surface area contributed by atoms with Gasteiger partial charge in [0.15, 0.2) is 0 Å². The van der Waals surface area contributed by atoms with Crippen molar-refractivity contribution >= 4 is 0 Å². The lowest BCUT2D eigenvalue weighted by atomic mass is 9.76. The third-order valence-electron chi connectivity index (χ3n) is 5.24. The Morgan fingerprint density at radius 1 is 1.10 bits per heavy atom. The van der Waals surface area contributed by atoms with Gasteiger partial charge in [-0.2, -0.15) is 0 Å². The largest absolute Gasteiger partial charge is 0.373 e. The molecule has 3 nitrogen and oxygen atoms in total. The van der Waals surface area contributed by atoms with E-state index in [1.807, 2.05) is 0 Å². The Hall–Kier alpha value is -0.120. The van der Waals surface area contributed by atoms with Crippen molar-refractivity contribution in [3.63, 3.8) is 0 Å². The van der Waals surface area contributed by atoms with Crippen LogP contribution in [-0.4, -0.2) is 49.3 Å². The SMILES string of the molecule is CCCC1CCC(NCC)C(CN2C[C@@H](C)O[C@@H](C)C2)C1. The maximum Gasteiger partial charge on any atom is 0.0678 e. The number of morpholine rings is 1. The Morgan fingerprint density at radius 3 is 2.43 bits per heavy atom. The van der Waals surface area contributed by atoms with Crippen LogP contribution in [0.2, 0.25) is 0 Å². The van der Waals surface area contributed by atoms with Crippen LogP contribution in [0, 0.1) is 11.8 Å². The Morgan fingerprint density at radius 2 is 1.81 bits per heavy atom. The lowest BCUT2D eigenvalue weighted by molar-refractivity contribution is -0.0744. The molecule has 1 aliphatic heterocycles. The lowest BCUT2D eigenvalue weighted by Gasteiger charge is -2.42. The van der Waals surface area contributed by atoms with E-state index in [2.05, 4.69) is 37.9 Å². The van der Waals surface area contributed by atoms with Crippen LogP contribution in [0.4, 0.5) is 0 Å². The number of nitrogens with one attached hydrogen (secondary N) is 1. The molecule has 0 aromatic carbocycles. The van der Waals surface area contributed by atoms with Gasteiger partial charge in [0.05, 0.1) is 12.2 Å². The molecule has 124 valence electrons. The van der Waals surface area contributed by atoms with Crippen LogP contribution in [0.15, 0.2) is 0 Å². The van der Waals surface area contributed by atoms with Gasteiger partial charge in [-0.25, -0.2) is 0 Å². The van der Waals surface area contributed by atoms with E-state index in [9.17, 15) is 0 Å². The zero-order valence-electron chi connectivity index (χ0n) is 14.6. The van der Waals surface area contributed by atoms with E-state index in [0.29, 0.717) is 12.2 Å². The average molecular weight is 296 g/mol. The van der Waals surface area contributed by atoms with Gasteiger partial charge in [0.2, 0.25) is 0 Å². The number of rotatable bonds is 6. The maximum absolute atomic E-state index is 5.88. The summed E-state index contributed by atoms with van der Waals surface area (Å²) in [5.41, 5.74) is 0. The minimum absolute atomic E-state index is 0.390. The zero-order valence-corrected chi connectivity index (χ0v) is 14.6. The first-order chi connectivity index (χ1) is 10.1. The Kier molecular flexibility index (Phi) is 6.97. The van der Waals surface area contributed by atoms with E-state index >= 15 is 0 Å². The van der Waals surface area contributed by atoms with Crippen LogP contribution < -0.4 is 5.32 Å². The summed E-state index contributed by atoms with van der Waals surface area (Å²) in [5, 5.41) is 3.75. The summed E-state index contributed by atoms with van der Waals surface area (Å²) in [7, 11) is 0. The van der Waals surface area contributed by atoms with Gasteiger partial charge in [-0.1, -0.05) is 26.7 Å². The molecule has 3 heteroatoms. The van der Waals surface area contributed by atoms with E-state index in [-0.39, 0.29) is 0 Å². The van der Waals surface area contributed by atoms with Crippen LogP contribution >= 0.6 is 0 Å². The molecule has 2 aliphatic rings. The Balaban J connectivity index is 1.91. The van der Waals surface area contributed by atoms with Crippen molar-refractivity contribution in [1.29, 1.82) is 0 Å². The molecule has 0 amide bonds. The molecule has 0 aromatic rings. The van der Waals surface area contributed by atoms with Crippen molar-refractivity contribution in [1.82, 2.24) is 10.2 Å². The van der Waals surface area contributed by atoms with E-state index in [4.69, 9.17) is 4.74 Å². The number of hydrogen-bond donors (Lipinski definition) is 1. The van der Waals surface area contributed by atoms with Crippen molar-refractivity contribution in [3.8, 4) is 0 Å². The van der Waals surface area contributed by atoms with Crippen molar-refractivity contribution in [2.24, 2.45) is 11.8 Å². The summed E-state index contributed by atoms with van der Waals surface area (Å²) in [6.07, 6.45) is 7.77. The lowest BCUT2D eigenvalue weighted by Crippen LogP contribution is -2.51. The standard InChI is InChI=1S/C18H36N2O/c1-5-7-16-8-9-18(19-6-2)17(10-16)13-20-11-14(3)21-15(4)12-20/h14-19H,5-13H2,1-4H3/t14-,15+,16?,17?,18?. The fourth-order valence-corrected chi connectivity index (χ4v) is 4.53. The van der Waals surface area contributed by atoms with Crippen LogP contribution in [-0.2, 0) is 4.74 Å². The predicted octanol–water partition coefficient (Wildman–Crippen LogP) is 3.29. The first-order valence-electron chi connectivity index (χ1n) is 9.23. The minimum atomic E-state index is 0.390. The highest BCUT2D eigenvalue weighted by Crippen LogP contribution is 2.33. The molecule has 1 heterocycles. The monoisotopic (exact) mass is 296 g/mol. The molecule has 1 saturated heterocycles. The molecule has 21 heavy (non-hydrogen) atoms. The molecule has 1 aliphatic carbocycles. The summed E-state index contributed by atoms with van der Waals surface area (Å²) in [5.74, 6) is 1.79. The summed E-state index contributed by atoms with van der Waals surface area (Å²) in [4.78, 5) is 2.65. The highest BCUT2D eigenvalue weighted by atomic mass is 16.5. The molecule has 0 spiro atoms. The highest BCUT2D eigenvalue weighted by Gasteiger charge is 2.32. The van der Waals surface area contributed by atoms with Gasteiger partial charge in [-0.05, 0) is 51.5 Å². The van der Waals surface area contributed by atoms with Gasteiger partial charge in [-0.3, -0.25) is 4.90 Å². The van der Waals surface area contributed by atoms with Gasteiger partial charge in [-0.15, -0.1) is 0 Å². The van der Waals surface area contributed by atoms with Gasteiger partial charge in [0.25, 0.3) is 0 Å². The zero-order chi connectivity index (χ0) is 15.2. The fraction of sp³-hybridized carbons (Fsp3) is 1.00. The van der Waals surface area contributed by atoms with Crippen LogP contribution in [0.25, 0.3) is 0 Å². The van der Waals surface area contributed by atoms with Gasteiger partial charge in [0, 0.05) is 25.7 Å². The highest BCUT2D eigenvalue weighted by molar-refractivity contribution is 4.87. The van der Waals surface area contributed by atoms with Gasteiger partial charge in [0.1, 0.15) is 0 Å². The third kappa shape index (κ3) is 5.22. The number of nitrogens with zero attached hydrogens (tertiary/aromatic N) is 1. The quantitative estimate of drug-likeness (QED) is 0.814. The van der Waals surface area contributed by atoms with Gasteiger partial charge < -0.3 is 10.1 Å². The van der Waals surface area contributed by atoms with E-state index < -0.39 is 0 Å². The molecule has 0 radical (unpaired) electrons. The summed E-state index contributed by atoms with van der Waals surface area (Å²) in [6, 6.07) is 0.733. The van der Waals surface area contributed by atoms with Crippen LogP contribution in [0.5, 0.6) is 0 Å². The second-order valence-corrected chi connectivity index (χ2v) is 7.37. The molecule has 3 unspecified atom stereocenters. The first-order valence-corrected chi connectivity index (χ1v) is 9.23. The Bertz CT molecular complexity index is 287. The minimum Gasteiger partial charge on any atom is -0.373 e. The second-order valence-electron chi connectivity index (χ2n) is 7.37. The van der Waals surface area contributed by atoms with E-state index in [1.54, 1.807) is 0 Å². The normalized spacial score (nSPS) is 38.6. The summed E-state index contributed by atoms with van der Waals surface area (Å²) < 4.78 is 5.88. The molecule has 1 saturated carbocycles. The number of ether oxygens (including phenoxy) is 1. The molecule has 0 aromatic heterocycles. The Labute approximate surface area is 131 Å². The average Bonchev–Trinajstić information content (AvgIpc) is 2.41. The maximum atomic E-state index is 5.88. The second kappa shape index (κ2) is 8.50. The van der Waals surface area contributed by atoms with E-state index in [0.717, 1.165) is 37.5 Å². The smallest absolute Gasteiger partial charge is 0.0678 e. The van der Waals surface area contributed by atoms with Crippen molar-refractivity contribution in [2.45, 2.75) is 78.0 Å².